The van der Waals surface area contributed by atoms with E-state index in [1.54, 1.807) is 0 Å². The molecular formula is C18H34O5. The third-order valence-corrected chi connectivity index (χ3v) is 3.49. The van der Waals surface area contributed by atoms with E-state index < -0.39 is 11.9 Å². The Morgan fingerprint density at radius 3 is 2.13 bits per heavy atom. The van der Waals surface area contributed by atoms with E-state index in [1.807, 2.05) is 0 Å². The zero-order valence-electron chi connectivity index (χ0n) is 15.1. The van der Waals surface area contributed by atoms with Crippen LogP contribution in [-0.2, 0) is 23.8 Å². The Bertz CT molecular complexity index is 304. The van der Waals surface area contributed by atoms with Crippen molar-refractivity contribution >= 4 is 11.9 Å². The highest BCUT2D eigenvalue weighted by Gasteiger charge is 2.14. The molecule has 0 aliphatic rings. The maximum atomic E-state index is 11.7. The molecule has 0 heterocycles. The SMILES string of the molecule is CCCCCCOC(=O)COCC(=O)OC(CCC)CCCC. The van der Waals surface area contributed by atoms with Crippen LogP contribution in [0.15, 0.2) is 0 Å². The Labute approximate surface area is 141 Å². The first kappa shape index (κ1) is 21.9. The second-order valence-corrected chi connectivity index (χ2v) is 5.82. The Kier molecular flexibility index (Phi) is 15.0. The van der Waals surface area contributed by atoms with Gasteiger partial charge in [-0.15, -0.1) is 0 Å². The topological polar surface area (TPSA) is 61.8 Å². The van der Waals surface area contributed by atoms with E-state index in [9.17, 15) is 9.59 Å². The van der Waals surface area contributed by atoms with Crippen molar-refractivity contribution in [2.75, 3.05) is 19.8 Å². The number of hydrogen-bond acceptors (Lipinski definition) is 5. The molecule has 5 nitrogen and oxygen atoms in total. The van der Waals surface area contributed by atoms with E-state index in [1.165, 1.54) is 0 Å². The van der Waals surface area contributed by atoms with Crippen molar-refractivity contribution < 1.29 is 23.8 Å². The van der Waals surface area contributed by atoms with Gasteiger partial charge in [-0.25, -0.2) is 9.59 Å². The summed E-state index contributed by atoms with van der Waals surface area (Å²) < 4.78 is 15.5. The number of carbonyl (C=O) groups is 2. The monoisotopic (exact) mass is 330 g/mol. The van der Waals surface area contributed by atoms with E-state index in [-0.39, 0.29) is 19.3 Å². The van der Waals surface area contributed by atoms with Crippen LogP contribution in [0.25, 0.3) is 0 Å². The number of rotatable bonds is 15. The molecule has 0 N–H and O–H groups in total. The van der Waals surface area contributed by atoms with Gasteiger partial charge in [0.15, 0.2) is 0 Å². The van der Waals surface area contributed by atoms with Crippen molar-refractivity contribution in [1.82, 2.24) is 0 Å². The average Bonchev–Trinajstić information content (AvgIpc) is 2.52. The van der Waals surface area contributed by atoms with Crippen LogP contribution in [0.5, 0.6) is 0 Å². The van der Waals surface area contributed by atoms with Crippen LogP contribution in [0, 0.1) is 0 Å². The van der Waals surface area contributed by atoms with E-state index in [2.05, 4.69) is 20.8 Å². The molecule has 1 atom stereocenters. The first-order valence-corrected chi connectivity index (χ1v) is 9.06. The quantitative estimate of drug-likeness (QED) is 0.335. The van der Waals surface area contributed by atoms with Crippen LogP contribution in [0.1, 0.15) is 78.6 Å². The van der Waals surface area contributed by atoms with Gasteiger partial charge in [-0.2, -0.15) is 0 Å². The predicted octanol–water partition coefficient (Wildman–Crippen LogP) is 4.03. The second-order valence-electron chi connectivity index (χ2n) is 5.82. The van der Waals surface area contributed by atoms with Crippen molar-refractivity contribution in [2.45, 2.75) is 84.7 Å². The van der Waals surface area contributed by atoms with Gasteiger partial charge in [-0.05, 0) is 19.3 Å². The van der Waals surface area contributed by atoms with Gasteiger partial charge in [0.25, 0.3) is 0 Å². The Morgan fingerprint density at radius 2 is 1.48 bits per heavy atom. The van der Waals surface area contributed by atoms with Crippen LogP contribution in [0.4, 0.5) is 0 Å². The summed E-state index contributed by atoms with van der Waals surface area (Å²) in [5.74, 6) is -0.833. The van der Waals surface area contributed by atoms with E-state index in [0.29, 0.717) is 6.61 Å². The van der Waals surface area contributed by atoms with Crippen LogP contribution in [-0.4, -0.2) is 37.9 Å². The van der Waals surface area contributed by atoms with E-state index in [4.69, 9.17) is 14.2 Å². The second kappa shape index (κ2) is 15.8. The fourth-order valence-corrected chi connectivity index (χ4v) is 2.21. The molecule has 0 saturated carbocycles. The third kappa shape index (κ3) is 14.2. The zero-order chi connectivity index (χ0) is 17.3. The minimum atomic E-state index is -0.426. The number of carbonyl (C=O) groups excluding carboxylic acids is 2. The molecule has 0 aromatic rings. The highest BCUT2D eigenvalue weighted by Crippen LogP contribution is 2.11. The molecule has 0 spiro atoms. The Hall–Kier alpha value is -1.10. The first-order valence-electron chi connectivity index (χ1n) is 9.06. The lowest BCUT2D eigenvalue weighted by molar-refractivity contribution is -0.159. The molecule has 0 aromatic heterocycles. The lowest BCUT2D eigenvalue weighted by Gasteiger charge is -2.16. The minimum absolute atomic E-state index is 0.0402. The summed E-state index contributed by atoms with van der Waals surface area (Å²) >= 11 is 0. The summed E-state index contributed by atoms with van der Waals surface area (Å²) in [6.07, 6.45) is 9.05. The van der Waals surface area contributed by atoms with Crippen LogP contribution >= 0.6 is 0 Å². The molecule has 0 fully saturated rings. The van der Waals surface area contributed by atoms with Crippen molar-refractivity contribution in [3.05, 3.63) is 0 Å². The molecule has 0 aromatic carbocycles. The van der Waals surface area contributed by atoms with Gasteiger partial charge in [0, 0.05) is 0 Å². The van der Waals surface area contributed by atoms with Crippen LogP contribution < -0.4 is 0 Å². The largest absolute Gasteiger partial charge is 0.464 e. The fraction of sp³-hybridized carbons (Fsp3) is 0.889. The Balaban J connectivity index is 3.72. The number of unbranched alkanes of at least 4 members (excludes halogenated alkanes) is 4. The molecule has 0 aliphatic carbocycles. The molecule has 0 saturated heterocycles. The standard InChI is InChI=1S/C18H34O5/c1-4-7-9-10-13-22-17(19)14-21-15-18(20)23-16(11-6-3)12-8-5-2/h16H,4-15H2,1-3H3. The van der Waals surface area contributed by atoms with Crippen molar-refractivity contribution in [1.29, 1.82) is 0 Å². The molecular weight excluding hydrogens is 296 g/mol. The molecule has 23 heavy (non-hydrogen) atoms. The van der Waals surface area contributed by atoms with E-state index >= 15 is 0 Å². The van der Waals surface area contributed by atoms with Gasteiger partial charge in [0.05, 0.1) is 6.61 Å². The molecule has 1 unspecified atom stereocenters. The lowest BCUT2D eigenvalue weighted by atomic mass is 10.1. The third-order valence-electron chi connectivity index (χ3n) is 3.49. The van der Waals surface area contributed by atoms with Gasteiger partial charge in [0.2, 0.25) is 0 Å². The smallest absolute Gasteiger partial charge is 0.332 e. The molecule has 136 valence electrons. The molecule has 0 bridgehead atoms. The maximum Gasteiger partial charge on any atom is 0.332 e. The number of ether oxygens (including phenoxy) is 3. The average molecular weight is 330 g/mol. The maximum absolute atomic E-state index is 11.7. The van der Waals surface area contributed by atoms with Crippen LogP contribution in [0.3, 0.4) is 0 Å². The highest BCUT2D eigenvalue weighted by atomic mass is 16.6. The zero-order valence-corrected chi connectivity index (χ0v) is 15.1. The Morgan fingerprint density at radius 1 is 0.783 bits per heavy atom. The van der Waals surface area contributed by atoms with Crippen LogP contribution in [0.2, 0.25) is 0 Å². The van der Waals surface area contributed by atoms with Crippen molar-refractivity contribution in [2.24, 2.45) is 0 Å². The predicted molar refractivity (Wildman–Crippen MR) is 90.2 cm³/mol. The normalized spacial score (nSPS) is 12.0. The first-order chi connectivity index (χ1) is 11.1. The summed E-state index contributed by atoms with van der Waals surface area (Å²) in [5.41, 5.74) is 0. The highest BCUT2D eigenvalue weighted by molar-refractivity contribution is 5.73. The summed E-state index contributed by atoms with van der Waals surface area (Å²) in [6.45, 7) is 6.34. The summed E-state index contributed by atoms with van der Waals surface area (Å²) in [4.78, 5) is 23.1. The molecule has 0 aliphatic heterocycles. The van der Waals surface area contributed by atoms with Gasteiger partial charge in [-0.3, -0.25) is 0 Å². The minimum Gasteiger partial charge on any atom is -0.464 e. The fourth-order valence-electron chi connectivity index (χ4n) is 2.21. The van der Waals surface area contributed by atoms with Gasteiger partial charge in [0.1, 0.15) is 19.3 Å². The molecule has 5 heteroatoms. The van der Waals surface area contributed by atoms with Crippen molar-refractivity contribution in [3.8, 4) is 0 Å². The lowest BCUT2D eigenvalue weighted by Crippen LogP contribution is -2.23. The summed E-state index contributed by atoms with van der Waals surface area (Å²) in [6, 6.07) is 0. The number of hydrogen-bond donors (Lipinski definition) is 0. The van der Waals surface area contributed by atoms with E-state index in [0.717, 1.165) is 57.8 Å². The van der Waals surface area contributed by atoms with Crippen molar-refractivity contribution in [3.63, 3.8) is 0 Å². The van der Waals surface area contributed by atoms with Gasteiger partial charge < -0.3 is 14.2 Å². The summed E-state index contributed by atoms with van der Waals surface area (Å²) in [5, 5.41) is 0. The molecule has 0 radical (unpaired) electrons. The molecule has 0 amide bonds. The molecule has 0 rings (SSSR count). The summed E-state index contributed by atoms with van der Waals surface area (Å²) in [7, 11) is 0. The van der Waals surface area contributed by atoms with Gasteiger partial charge in [-0.1, -0.05) is 59.3 Å². The van der Waals surface area contributed by atoms with Gasteiger partial charge >= 0.3 is 11.9 Å². The number of esters is 2.